The van der Waals surface area contributed by atoms with Crippen LogP contribution in [0.15, 0.2) is 35.7 Å². The predicted molar refractivity (Wildman–Crippen MR) is 70.5 cm³/mol. The van der Waals surface area contributed by atoms with Crippen molar-refractivity contribution in [1.29, 1.82) is 0 Å². The van der Waals surface area contributed by atoms with E-state index in [1.807, 2.05) is 17.5 Å². The molecule has 0 bridgehead atoms. The van der Waals surface area contributed by atoms with E-state index in [9.17, 15) is 14.9 Å². The average Bonchev–Trinajstić information content (AvgIpc) is 2.80. The van der Waals surface area contributed by atoms with Gasteiger partial charge in [-0.15, -0.1) is 11.3 Å². The smallest absolute Gasteiger partial charge is 0.271 e. The molecule has 0 saturated carbocycles. The van der Waals surface area contributed by atoms with Gasteiger partial charge in [-0.2, -0.15) is 0 Å². The highest BCUT2D eigenvalue weighted by Gasteiger charge is 2.14. The van der Waals surface area contributed by atoms with Crippen molar-refractivity contribution in [2.45, 2.75) is 6.42 Å². The van der Waals surface area contributed by atoms with Gasteiger partial charge in [0.05, 0.1) is 4.92 Å². The van der Waals surface area contributed by atoms with Crippen LogP contribution >= 0.6 is 22.9 Å². The second-order valence-electron chi connectivity index (χ2n) is 3.63. The average molecular weight is 282 g/mol. The molecule has 0 N–H and O–H groups in total. The molecule has 1 aromatic carbocycles. The number of carbonyl (C=O) groups excluding carboxylic acids is 1. The summed E-state index contributed by atoms with van der Waals surface area (Å²) >= 11 is 7.24. The van der Waals surface area contributed by atoms with Crippen LogP contribution < -0.4 is 0 Å². The van der Waals surface area contributed by atoms with E-state index < -0.39 is 4.92 Å². The van der Waals surface area contributed by atoms with E-state index in [1.54, 1.807) is 0 Å². The highest BCUT2D eigenvalue weighted by molar-refractivity contribution is 7.10. The highest BCUT2D eigenvalue weighted by atomic mass is 35.5. The van der Waals surface area contributed by atoms with Crippen LogP contribution in [0.5, 0.6) is 0 Å². The SMILES string of the molecule is O=C(Cc1cccs1)c1cc(Cl)cc([N+](=O)[O-])c1. The number of nitro groups is 1. The van der Waals surface area contributed by atoms with Crippen molar-refractivity contribution in [2.24, 2.45) is 0 Å². The number of non-ortho nitro benzene ring substituents is 1. The molecule has 0 spiro atoms. The van der Waals surface area contributed by atoms with Gasteiger partial charge in [0.15, 0.2) is 5.78 Å². The second-order valence-corrected chi connectivity index (χ2v) is 5.10. The van der Waals surface area contributed by atoms with Crippen molar-refractivity contribution in [1.82, 2.24) is 0 Å². The van der Waals surface area contributed by atoms with E-state index in [1.165, 1.54) is 29.5 Å². The molecular formula is C12H8ClNO3S. The Bertz CT molecular complexity index is 595. The molecule has 0 aliphatic heterocycles. The minimum atomic E-state index is -0.562. The number of ketones is 1. The fourth-order valence-electron chi connectivity index (χ4n) is 1.51. The predicted octanol–water partition coefficient (Wildman–Crippen LogP) is 3.74. The van der Waals surface area contributed by atoms with Crippen molar-refractivity contribution in [3.05, 3.63) is 61.3 Å². The molecule has 0 radical (unpaired) electrons. The largest absolute Gasteiger partial charge is 0.294 e. The van der Waals surface area contributed by atoms with Crippen LogP contribution in [0.25, 0.3) is 0 Å². The number of nitrogens with zero attached hydrogens (tertiary/aromatic N) is 1. The third-order valence-electron chi connectivity index (χ3n) is 2.33. The number of benzene rings is 1. The first-order valence-electron chi connectivity index (χ1n) is 5.07. The van der Waals surface area contributed by atoms with E-state index in [-0.39, 0.29) is 28.5 Å². The molecule has 6 heteroatoms. The third kappa shape index (κ3) is 2.94. The van der Waals surface area contributed by atoms with Gasteiger partial charge >= 0.3 is 0 Å². The van der Waals surface area contributed by atoms with E-state index in [0.717, 1.165) is 4.88 Å². The summed E-state index contributed by atoms with van der Waals surface area (Å²) in [6, 6.07) is 7.63. The van der Waals surface area contributed by atoms with Crippen LogP contribution in [0, 0.1) is 10.1 Å². The van der Waals surface area contributed by atoms with Gasteiger partial charge < -0.3 is 0 Å². The molecule has 0 saturated heterocycles. The summed E-state index contributed by atoms with van der Waals surface area (Å²) in [6.45, 7) is 0. The molecule has 0 unspecified atom stereocenters. The maximum atomic E-state index is 12.0. The number of hydrogen-bond donors (Lipinski definition) is 0. The quantitative estimate of drug-likeness (QED) is 0.487. The lowest BCUT2D eigenvalue weighted by Crippen LogP contribution is -2.03. The summed E-state index contributed by atoms with van der Waals surface area (Å²) in [5, 5.41) is 12.8. The van der Waals surface area contributed by atoms with Crippen LogP contribution in [-0.2, 0) is 6.42 Å². The summed E-state index contributed by atoms with van der Waals surface area (Å²) in [5.41, 5.74) is 0.0969. The Kier molecular flexibility index (Phi) is 3.74. The van der Waals surface area contributed by atoms with Crippen LogP contribution in [-0.4, -0.2) is 10.7 Å². The summed E-state index contributed by atoms with van der Waals surface area (Å²) in [4.78, 5) is 23.0. The van der Waals surface area contributed by atoms with Gasteiger partial charge in [0.1, 0.15) is 0 Å². The summed E-state index contributed by atoms with van der Waals surface area (Å²) in [7, 11) is 0. The standard InChI is InChI=1S/C12H8ClNO3S/c13-9-4-8(5-10(6-9)14(16)17)12(15)7-11-2-1-3-18-11/h1-6H,7H2. The number of rotatable bonds is 4. The van der Waals surface area contributed by atoms with Gasteiger partial charge in [-0.3, -0.25) is 14.9 Å². The zero-order valence-corrected chi connectivity index (χ0v) is 10.7. The molecule has 0 atom stereocenters. The molecule has 0 fully saturated rings. The molecule has 2 aromatic rings. The monoisotopic (exact) mass is 281 g/mol. The molecule has 1 heterocycles. The number of hydrogen-bond acceptors (Lipinski definition) is 4. The third-order valence-corrected chi connectivity index (χ3v) is 3.42. The number of carbonyl (C=O) groups is 1. The normalized spacial score (nSPS) is 10.3. The Morgan fingerprint density at radius 1 is 1.39 bits per heavy atom. The van der Waals surface area contributed by atoms with E-state index >= 15 is 0 Å². The van der Waals surface area contributed by atoms with Gasteiger partial charge in [-0.05, 0) is 17.5 Å². The maximum absolute atomic E-state index is 12.0. The first kappa shape index (κ1) is 12.7. The van der Waals surface area contributed by atoms with E-state index in [0.29, 0.717) is 0 Å². The maximum Gasteiger partial charge on any atom is 0.271 e. The molecule has 2 rings (SSSR count). The Morgan fingerprint density at radius 2 is 2.17 bits per heavy atom. The van der Waals surface area contributed by atoms with Crippen LogP contribution in [0.4, 0.5) is 5.69 Å². The van der Waals surface area contributed by atoms with Gasteiger partial charge in [0, 0.05) is 34.0 Å². The molecule has 92 valence electrons. The van der Waals surface area contributed by atoms with Crippen molar-refractivity contribution in [3.63, 3.8) is 0 Å². The zero-order chi connectivity index (χ0) is 13.1. The molecule has 0 amide bonds. The van der Waals surface area contributed by atoms with E-state index in [4.69, 9.17) is 11.6 Å². The van der Waals surface area contributed by atoms with E-state index in [2.05, 4.69) is 0 Å². The topological polar surface area (TPSA) is 60.2 Å². The number of Topliss-reactive ketones (excluding diaryl/α,β-unsaturated/α-hetero) is 1. The Hall–Kier alpha value is -1.72. The molecule has 1 aromatic heterocycles. The van der Waals surface area contributed by atoms with Crippen LogP contribution in [0.3, 0.4) is 0 Å². The number of nitro benzene ring substituents is 1. The lowest BCUT2D eigenvalue weighted by molar-refractivity contribution is -0.384. The van der Waals surface area contributed by atoms with Gasteiger partial charge in [0.2, 0.25) is 0 Å². The van der Waals surface area contributed by atoms with Crippen molar-refractivity contribution < 1.29 is 9.72 Å². The zero-order valence-electron chi connectivity index (χ0n) is 9.13. The van der Waals surface area contributed by atoms with Gasteiger partial charge in [0.25, 0.3) is 5.69 Å². The lowest BCUT2D eigenvalue weighted by Gasteiger charge is -2.01. The van der Waals surface area contributed by atoms with Crippen molar-refractivity contribution in [2.75, 3.05) is 0 Å². The Balaban J connectivity index is 2.27. The first-order valence-corrected chi connectivity index (χ1v) is 6.32. The first-order chi connectivity index (χ1) is 8.56. The summed E-state index contributed by atoms with van der Waals surface area (Å²) in [5.74, 6) is -0.178. The second kappa shape index (κ2) is 5.29. The summed E-state index contributed by atoms with van der Waals surface area (Å²) < 4.78 is 0. The molecule has 4 nitrogen and oxygen atoms in total. The van der Waals surface area contributed by atoms with Gasteiger partial charge in [-0.25, -0.2) is 0 Å². The fraction of sp³-hybridized carbons (Fsp3) is 0.0833. The molecule has 0 aliphatic carbocycles. The van der Waals surface area contributed by atoms with Crippen molar-refractivity contribution >= 4 is 34.4 Å². The minimum Gasteiger partial charge on any atom is -0.294 e. The fourth-order valence-corrected chi connectivity index (χ4v) is 2.45. The lowest BCUT2D eigenvalue weighted by atomic mass is 10.1. The number of thiophene rings is 1. The minimum absolute atomic E-state index is 0.169. The highest BCUT2D eigenvalue weighted by Crippen LogP contribution is 2.22. The summed E-state index contributed by atoms with van der Waals surface area (Å²) in [6.07, 6.45) is 0.231. The van der Waals surface area contributed by atoms with Gasteiger partial charge in [-0.1, -0.05) is 17.7 Å². The molecule has 18 heavy (non-hydrogen) atoms. The van der Waals surface area contributed by atoms with Crippen molar-refractivity contribution in [3.8, 4) is 0 Å². The Labute approximate surface area is 112 Å². The molecule has 0 aliphatic rings. The molecular weight excluding hydrogens is 274 g/mol. The van der Waals surface area contributed by atoms with Crippen LogP contribution in [0.1, 0.15) is 15.2 Å². The number of halogens is 1. The van der Waals surface area contributed by atoms with Crippen LogP contribution in [0.2, 0.25) is 5.02 Å². The Morgan fingerprint density at radius 3 is 2.78 bits per heavy atom.